The molecule has 0 bridgehead atoms. The zero-order chi connectivity index (χ0) is 26.8. The van der Waals surface area contributed by atoms with Gasteiger partial charge in [0.15, 0.2) is 5.82 Å². The summed E-state index contributed by atoms with van der Waals surface area (Å²) < 4.78 is 58.3. The molecular weight excluding hydrogens is 473 g/mol. The summed E-state index contributed by atoms with van der Waals surface area (Å²) in [5.74, 6) is -3.99. The molecule has 1 aromatic heterocycles. The number of methoxy groups -OCH3 is 1. The van der Waals surface area contributed by atoms with Gasteiger partial charge < -0.3 is 19.3 Å². The van der Waals surface area contributed by atoms with E-state index in [2.05, 4.69) is 11.6 Å². The molecule has 0 spiro atoms. The fourth-order valence-corrected chi connectivity index (χ4v) is 4.53. The van der Waals surface area contributed by atoms with Crippen LogP contribution in [-0.2, 0) is 16.0 Å². The van der Waals surface area contributed by atoms with Crippen molar-refractivity contribution >= 4 is 11.8 Å². The van der Waals surface area contributed by atoms with E-state index in [4.69, 9.17) is 9.47 Å². The summed E-state index contributed by atoms with van der Waals surface area (Å²) in [4.78, 5) is 20.6. The predicted molar refractivity (Wildman–Crippen MR) is 135 cm³/mol. The molecule has 2 aliphatic rings. The molecule has 0 radical (unpaired) electrons. The van der Waals surface area contributed by atoms with Gasteiger partial charge in [0.2, 0.25) is 11.8 Å². The minimum atomic E-state index is -3.27. The summed E-state index contributed by atoms with van der Waals surface area (Å²) in [7, 11) is 1.47. The van der Waals surface area contributed by atoms with Crippen LogP contribution in [0.25, 0.3) is 0 Å². The SMILES string of the molecule is C=C(C)C(F)(F)C1CCn2c(nc(N3CCOCC3C)c(F)c2=O)N1CC(=CC(C)=C(C)CC)OC. The number of morpholine rings is 1. The summed E-state index contributed by atoms with van der Waals surface area (Å²) in [5.41, 5.74) is 0.921. The van der Waals surface area contributed by atoms with Gasteiger partial charge in [-0.2, -0.15) is 18.2 Å². The lowest BCUT2D eigenvalue weighted by Crippen LogP contribution is -2.55. The van der Waals surface area contributed by atoms with E-state index in [1.54, 1.807) is 11.0 Å². The van der Waals surface area contributed by atoms with E-state index in [9.17, 15) is 4.79 Å². The van der Waals surface area contributed by atoms with Gasteiger partial charge in [0.1, 0.15) is 11.8 Å². The third kappa shape index (κ3) is 5.33. The van der Waals surface area contributed by atoms with Gasteiger partial charge in [-0.15, -0.1) is 0 Å². The maximum atomic E-state index is 15.4. The van der Waals surface area contributed by atoms with Crippen LogP contribution in [0.1, 0.15) is 47.5 Å². The van der Waals surface area contributed by atoms with Crippen molar-refractivity contribution in [3.63, 3.8) is 0 Å². The number of nitrogens with zero attached hydrogens (tertiary/aromatic N) is 4. The van der Waals surface area contributed by atoms with Crippen molar-refractivity contribution in [1.82, 2.24) is 9.55 Å². The standard InChI is InChI=1S/C26H37F3N4O3/c1-8-17(4)18(5)13-20(35-7)14-33-21(26(28,29)16(2)3)9-10-32-24(34)22(27)23(30-25(32)33)31-11-12-36-15-19(31)6/h13,19,21H,2,8-12,14-15H2,1,3-7H3. The number of alkyl halides is 2. The third-order valence-corrected chi connectivity index (χ3v) is 7.13. The molecule has 0 saturated carbocycles. The van der Waals surface area contributed by atoms with E-state index < -0.39 is 23.3 Å². The molecule has 1 aromatic rings. The molecule has 0 aromatic carbocycles. The quantitative estimate of drug-likeness (QED) is 0.288. The molecule has 3 heterocycles. The molecule has 2 unspecified atom stereocenters. The number of hydrogen-bond acceptors (Lipinski definition) is 6. The molecule has 0 aliphatic carbocycles. The molecule has 7 nitrogen and oxygen atoms in total. The predicted octanol–water partition coefficient (Wildman–Crippen LogP) is 4.67. The molecule has 10 heteroatoms. The van der Waals surface area contributed by atoms with Crippen molar-refractivity contribution in [3.8, 4) is 0 Å². The van der Waals surface area contributed by atoms with E-state index in [0.29, 0.717) is 25.5 Å². The molecule has 1 saturated heterocycles. The highest BCUT2D eigenvalue weighted by Crippen LogP contribution is 2.38. The van der Waals surface area contributed by atoms with Crippen molar-refractivity contribution in [2.24, 2.45) is 0 Å². The van der Waals surface area contributed by atoms with Crippen LogP contribution in [0, 0.1) is 5.82 Å². The van der Waals surface area contributed by atoms with Crippen molar-refractivity contribution in [1.29, 1.82) is 0 Å². The maximum absolute atomic E-state index is 15.4. The minimum Gasteiger partial charge on any atom is -0.499 e. The highest BCUT2D eigenvalue weighted by molar-refractivity contribution is 5.50. The molecular formula is C26H37F3N4O3. The molecule has 0 amide bonds. The Morgan fingerprint density at radius 2 is 2.00 bits per heavy atom. The number of hydrogen-bond donors (Lipinski definition) is 0. The van der Waals surface area contributed by atoms with Crippen LogP contribution >= 0.6 is 0 Å². The number of aromatic nitrogens is 2. The Hall–Kier alpha value is -2.75. The molecule has 0 N–H and O–H groups in total. The Labute approximate surface area is 210 Å². The number of rotatable bonds is 8. The molecule has 36 heavy (non-hydrogen) atoms. The average Bonchev–Trinajstić information content (AvgIpc) is 2.85. The monoisotopic (exact) mass is 510 g/mol. The van der Waals surface area contributed by atoms with Crippen molar-refractivity contribution in [2.45, 2.75) is 72.0 Å². The van der Waals surface area contributed by atoms with Gasteiger partial charge >= 0.3 is 0 Å². The lowest BCUT2D eigenvalue weighted by atomic mass is 9.97. The first-order chi connectivity index (χ1) is 16.9. The number of fused-ring (bicyclic) bond motifs is 1. The van der Waals surface area contributed by atoms with Gasteiger partial charge in [0.05, 0.1) is 32.9 Å². The Bertz CT molecular complexity index is 1110. The van der Waals surface area contributed by atoms with E-state index in [1.807, 2.05) is 27.7 Å². The van der Waals surface area contributed by atoms with E-state index in [0.717, 1.165) is 22.1 Å². The lowest BCUT2D eigenvalue weighted by molar-refractivity contribution is 0.00283. The normalized spacial score (nSPS) is 21.8. The van der Waals surface area contributed by atoms with Crippen LogP contribution in [0.5, 0.6) is 0 Å². The van der Waals surface area contributed by atoms with Crippen molar-refractivity contribution in [3.05, 3.63) is 51.3 Å². The Morgan fingerprint density at radius 1 is 1.31 bits per heavy atom. The lowest BCUT2D eigenvalue weighted by Gasteiger charge is -2.43. The van der Waals surface area contributed by atoms with Crippen LogP contribution in [0.15, 0.2) is 39.9 Å². The van der Waals surface area contributed by atoms with Gasteiger partial charge in [0, 0.05) is 13.1 Å². The van der Waals surface area contributed by atoms with Gasteiger partial charge in [-0.25, -0.2) is 0 Å². The summed E-state index contributed by atoms with van der Waals surface area (Å²) in [6.07, 6.45) is 2.56. The summed E-state index contributed by atoms with van der Waals surface area (Å²) in [6, 6.07) is -1.57. The van der Waals surface area contributed by atoms with Crippen LogP contribution in [0.3, 0.4) is 0 Å². The Kier molecular flexibility index (Phi) is 8.59. The molecule has 200 valence electrons. The first kappa shape index (κ1) is 27.8. The Morgan fingerprint density at radius 3 is 2.58 bits per heavy atom. The maximum Gasteiger partial charge on any atom is 0.293 e. The fraction of sp³-hybridized carbons (Fsp3) is 0.615. The van der Waals surface area contributed by atoms with Gasteiger partial charge in [-0.1, -0.05) is 19.1 Å². The third-order valence-electron chi connectivity index (χ3n) is 7.13. The highest BCUT2D eigenvalue weighted by Gasteiger charge is 2.47. The fourth-order valence-electron chi connectivity index (χ4n) is 4.53. The second-order valence-electron chi connectivity index (χ2n) is 9.59. The van der Waals surface area contributed by atoms with Crippen LogP contribution in [0.2, 0.25) is 0 Å². The van der Waals surface area contributed by atoms with Gasteiger partial charge in [-0.05, 0) is 57.8 Å². The highest BCUT2D eigenvalue weighted by atomic mass is 19.3. The average molecular weight is 511 g/mol. The molecule has 2 aliphatic heterocycles. The minimum absolute atomic E-state index is 0.0101. The van der Waals surface area contributed by atoms with Crippen LogP contribution in [0.4, 0.5) is 24.9 Å². The van der Waals surface area contributed by atoms with Crippen molar-refractivity contribution < 1.29 is 22.6 Å². The molecule has 1 fully saturated rings. The molecule has 3 rings (SSSR count). The van der Waals surface area contributed by atoms with Crippen molar-refractivity contribution in [2.75, 3.05) is 43.2 Å². The van der Waals surface area contributed by atoms with E-state index in [-0.39, 0.29) is 42.9 Å². The Balaban J connectivity index is 2.19. The number of halogens is 3. The second kappa shape index (κ2) is 11.1. The van der Waals surface area contributed by atoms with Crippen LogP contribution in [-0.4, -0.2) is 61.0 Å². The van der Waals surface area contributed by atoms with Gasteiger partial charge in [-0.3, -0.25) is 9.36 Å². The summed E-state index contributed by atoms with van der Waals surface area (Å²) >= 11 is 0. The summed E-state index contributed by atoms with van der Waals surface area (Å²) in [6.45, 7) is 13.5. The number of ether oxygens (including phenoxy) is 2. The first-order valence-corrected chi connectivity index (χ1v) is 12.3. The van der Waals surface area contributed by atoms with E-state index >= 15 is 13.2 Å². The van der Waals surface area contributed by atoms with Gasteiger partial charge in [0.25, 0.3) is 11.5 Å². The number of allylic oxidation sites excluding steroid dienone is 3. The van der Waals surface area contributed by atoms with E-state index in [1.165, 1.54) is 18.9 Å². The molecule has 2 atom stereocenters. The smallest absolute Gasteiger partial charge is 0.293 e. The van der Waals surface area contributed by atoms with Crippen LogP contribution < -0.4 is 15.4 Å². The zero-order valence-corrected chi connectivity index (χ0v) is 22.0. The number of anilines is 2. The first-order valence-electron chi connectivity index (χ1n) is 12.3. The topological polar surface area (TPSA) is 59.8 Å². The summed E-state index contributed by atoms with van der Waals surface area (Å²) in [5, 5.41) is 0. The second-order valence-corrected chi connectivity index (χ2v) is 9.59. The zero-order valence-electron chi connectivity index (χ0n) is 22.0. The largest absolute Gasteiger partial charge is 0.499 e.